The molecule has 3 fully saturated rings. The van der Waals surface area contributed by atoms with Gasteiger partial charge >= 0.3 is 12.2 Å². The Bertz CT molecular complexity index is 1410. The maximum atomic E-state index is 15.7. The number of halogens is 4. The lowest BCUT2D eigenvalue weighted by Crippen LogP contribution is -2.43. The Labute approximate surface area is 248 Å². The minimum absolute atomic E-state index is 0.00594. The molecule has 3 saturated heterocycles. The summed E-state index contributed by atoms with van der Waals surface area (Å²) in [7, 11) is 3.22. The van der Waals surface area contributed by atoms with Crippen LogP contribution in [0.3, 0.4) is 0 Å². The van der Waals surface area contributed by atoms with Crippen molar-refractivity contribution >= 4 is 6.03 Å². The molecule has 2 aromatic rings. The zero-order chi connectivity index (χ0) is 30.3. The lowest BCUT2D eigenvalue weighted by Gasteiger charge is -2.32. The van der Waals surface area contributed by atoms with Gasteiger partial charge in [-0.05, 0) is 41.3 Å². The first-order chi connectivity index (χ1) is 20.7. The highest BCUT2D eigenvalue weighted by atomic mass is 19.4. The molecular weight excluding hydrogens is 564 g/mol. The zero-order valence-electron chi connectivity index (χ0n) is 24.2. The van der Waals surface area contributed by atoms with E-state index in [0.29, 0.717) is 30.9 Å². The van der Waals surface area contributed by atoms with E-state index in [2.05, 4.69) is 10.2 Å². The molecule has 4 unspecified atom stereocenters. The van der Waals surface area contributed by atoms with Crippen LogP contribution in [-0.2, 0) is 28.7 Å². The molecule has 6 rings (SSSR count). The van der Waals surface area contributed by atoms with E-state index in [-0.39, 0.29) is 29.9 Å². The summed E-state index contributed by atoms with van der Waals surface area (Å²) in [5.74, 6) is -0.693. The van der Waals surface area contributed by atoms with Crippen molar-refractivity contribution in [2.75, 3.05) is 40.4 Å². The number of rotatable bonds is 8. The third kappa shape index (κ3) is 5.59. The number of alkyl halides is 3. The van der Waals surface area contributed by atoms with Crippen molar-refractivity contribution in [3.8, 4) is 0 Å². The summed E-state index contributed by atoms with van der Waals surface area (Å²) in [4.78, 5) is 19.7. The van der Waals surface area contributed by atoms with Crippen molar-refractivity contribution in [1.82, 2.24) is 20.0 Å². The van der Waals surface area contributed by atoms with Crippen LogP contribution in [0, 0.1) is 5.82 Å². The Morgan fingerprint density at radius 1 is 1.00 bits per heavy atom. The largest absolute Gasteiger partial charge is 0.416 e. The second kappa shape index (κ2) is 12.0. The Hall–Kier alpha value is -3.25. The number of ether oxygens (including phenoxy) is 2. The number of nitrogens with one attached hydrogen (secondary N) is 1. The number of benzene rings is 2. The van der Waals surface area contributed by atoms with Gasteiger partial charge in [-0.1, -0.05) is 42.5 Å². The third-order valence-electron chi connectivity index (χ3n) is 9.17. The molecule has 2 amide bonds. The van der Waals surface area contributed by atoms with Gasteiger partial charge in [-0.2, -0.15) is 13.2 Å². The number of allylic oxidation sites excluding steroid dienone is 2. The first-order valence-corrected chi connectivity index (χ1v) is 14.6. The number of amides is 2. The number of hydrogen-bond acceptors (Lipinski definition) is 5. The van der Waals surface area contributed by atoms with Crippen LogP contribution >= 0.6 is 0 Å². The van der Waals surface area contributed by atoms with Gasteiger partial charge in [0.2, 0.25) is 0 Å². The minimum atomic E-state index is -4.56. The fourth-order valence-corrected chi connectivity index (χ4v) is 7.13. The van der Waals surface area contributed by atoms with E-state index in [4.69, 9.17) is 9.47 Å². The van der Waals surface area contributed by atoms with E-state index in [1.807, 2.05) is 12.1 Å². The van der Waals surface area contributed by atoms with Crippen LogP contribution in [0.4, 0.5) is 22.4 Å². The molecule has 3 aliphatic heterocycles. The number of nitrogens with zero attached hydrogens (tertiary/aromatic N) is 3. The molecule has 43 heavy (non-hydrogen) atoms. The molecule has 1 N–H and O–H groups in total. The van der Waals surface area contributed by atoms with Crippen LogP contribution in [0.25, 0.3) is 0 Å². The van der Waals surface area contributed by atoms with Crippen LogP contribution < -0.4 is 5.32 Å². The fraction of sp³-hybridized carbons (Fsp3) is 0.469. The quantitative estimate of drug-likeness (QED) is 0.438. The summed E-state index contributed by atoms with van der Waals surface area (Å²) in [5, 5.41) is 3.36. The highest BCUT2D eigenvalue weighted by Gasteiger charge is 2.52. The summed E-state index contributed by atoms with van der Waals surface area (Å²) >= 11 is 0. The Balaban J connectivity index is 1.34. The first kappa shape index (κ1) is 29.8. The van der Waals surface area contributed by atoms with Gasteiger partial charge in [0.15, 0.2) is 0 Å². The summed E-state index contributed by atoms with van der Waals surface area (Å²) in [6.45, 7) is 2.80. The molecule has 230 valence electrons. The Morgan fingerprint density at radius 3 is 2.53 bits per heavy atom. The van der Waals surface area contributed by atoms with Crippen LogP contribution in [0.15, 0.2) is 66.4 Å². The van der Waals surface area contributed by atoms with E-state index >= 15 is 4.39 Å². The number of carbonyl (C=O) groups excluding carboxylic acids is 1. The zero-order valence-corrected chi connectivity index (χ0v) is 24.2. The maximum Gasteiger partial charge on any atom is 0.416 e. The average molecular weight is 601 g/mol. The van der Waals surface area contributed by atoms with E-state index in [0.717, 1.165) is 31.1 Å². The minimum Gasteiger partial charge on any atom is -0.380 e. The van der Waals surface area contributed by atoms with E-state index < -0.39 is 36.0 Å². The van der Waals surface area contributed by atoms with E-state index in [9.17, 15) is 18.0 Å². The number of methoxy groups -OCH3 is 2. The number of carbonyl (C=O) groups is 1. The molecule has 0 bridgehead atoms. The SMILES string of the molecule is COC1CCN(Cc2cccc(F)c2C2CNC[C@@H]2N2C(=O)N(Cc3ccccc3C(F)(F)F)C3C2=CC=CC3OC)C1. The lowest BCUT2D eigenvalue weighted by atomic mass is 9.88. The molecular formula is C32H36F4N4O3. The van der Waals surface area contributed by atoms with Crippen LogP contribution in [-0.4, -0.2) is 85.4 Å². The van der Waals surface area contributed by atoms with Gasteiger partial charge < -0.3 is 19.7 Å². The van der Waals surface area contributed by atoms with E-state index in [1.165, 1.54) is 30.2 Å². The van der Waals surface area contributed by atoms with Crippen LogP contribution in [0.2, 0.25) is 0 Å². The number of likely N-dealkylation sites (tertiary alicyclic amines) is 1. The molecule has 2 aromatic carbocycles. The van der Waals surface area contributed by atoms with Crippen molar-refractivity contribution in [2.24, 2.45) is 0 Å². The van der Waals surface area contributed by atoms with Crippen molar-refractivity contribution in [3.05, 3.63) is 94.5 Å². The van der Waals surface area contributed by atoms with Crippen molar-refractivity contribution in [2.45, 2.75) is 55.9 Å². The van der Waals surface area contributed by atoms with Crippen molar-refractivity contribution < 1.29 is 31.8 Å². The molecule has 0 aromatic heterocycles. The molecule has 0 radical (unpaired) electrons. The summed E-state index contributed by atoms with van der Waals surface area (Å²) in [5.41, 5.74) is 1.30. The van der Waals surface area contributed by atoms with Gasteiger partial charge in [0, 0.05) is 65.1 Å². The first-order valence-electron chi connectivity index (χ1n) is 14.6. The summed E-state index contributed by atoms with van der Waals surface area (Å²) in [6, 6.07) is 8.93. The van der Waals surface area contributed by atoms with Crippen LogP contribution in [0.1, 0.15) is 34.6 Å². The Kier molecular flexibility index (Phi) is 8.34. The van der Waals surface area contributed by atoms with Gasteiger partial charge in [0.1, 0.15) is 18.0 Å². The molecule has 3 heterocycles. The summed E-state index contributed by atoms with van der Waals surface area (Å²) < 4.78 is 68.6. The van der Waals surface area contributed by atoms with Crippen molar-refractivity contribution in [3.63, 3.8) is 0 Å². The van der Waals surface area contributed by atoms with Gasteiger partial charge in [0.05, 0.1) is 17.7 Å². The standard InChI is InChI=1S/C32H36F4N4O3/c1-42-22-13-14-38(19-22)17-21-8-5-10-25(33)29(21)23-15-37-16-27(23)40-26-11-6-12-28(43-2)30(26)39(31(40)41)18-20-7-3-4-9-24(20)32(34,35)36/h3-12,22-23,27-28,30,37H,13-19H2,1-2H3/t22?,23?,27-,28?,30?/m0/s1. The molecule has 11 heteroatoms. The van der Waals surface area contributed by atoms with Crippen LogP contribution in [0.5, 0.6) is 0 Å². The Morgan fingerprint density at radius 2 is 1.79 bits per heavy atom. The number of urea groups is 1. The second-order valence-electron chi connectivity index (χ2n) is 11.6. The van der Waals surface area contributed by atoms with Gasteiger partial charge in [-0.15, -0.1) is 0 Å². The number of hydrogen-bond donors (Lipinski definition) is 1. The molecule has 4 aliphatic rings. The third-order valence-corrected chi connectivity index (χ3v) is 9.17. The maximum absolute atomic E-state index is 15.7. The average Bonchev–Trinajstić information content (AvgIpc) is 3.71. The highest BCUT2D eigenvalue weighted by Crippen LogP contribution is 2.42. The molecule has 1 aliphatic carbocycles. The molecule has 5 atom stereocenters. The molecule has 0 saturated carbocycles. The van der Waals surface area contributed by atoms with Gasteiger partial charge in [-0.3, -0.25) is 9.80 Å². The van der Waals surface area contributed by atoms with Crippen molar-refractivity contribution in [1.29, 1.82) is 0 Å². The van der Waals surface area contributed by atoms with Gasteiger partial charge in [0.25, 0.3) is 0 Å². The smallest absolute Gasteiger partial charge is 0.380 e. The summed E-state index contributed by atoms with van der Waals surface area (Å²) in [6.07, 6.45) is 1.37. The fourth-order valence-electron chi connectivity index (χ4n) is 7.13. The second-order valence-corrected chi connectivity index (χ2v) is 11.6. The highest BCUT2D eigenvalue weighted by molar-refractivity contribution is 5.82. The monoisotopic (exact) mass is 600 g/mol. The number of fused-ring (bicyclic) bond motifs is 1. The topological polar surface area (TPSA) is 57.3 Å². The normalized spacial score (nSPS) is 27.7. The predicted molar refractivity (Wildman–Crippen MR) is 153 cm³/mol. The molecule has 7 nitrogen and oxygen atoms in total. The van der Waals surface area contributed by atoms with Gasteiger partial charge in [-0.25, -0.2) is 9.18 Å². The van der Waals surface area contributed by atoms with E-state index in [1.54, 1.807) is 36.3 Å². The molecule has 0 spiro atoms. The predicted octanol–water partition coefficient (Wildman–Crippen LogP) is 4.90. The lowest BCUT2D eigenvalue weighted by molar-refractivity contribution is -0.138.